The van der Waals surface area contributed by atoms with Gasteiger partial charge in [-0.1, -0.05) is 18.2 Å². The monoisotopic (exact) mass is 332 g/mol. The van der Waals surface area contributed by atoms with Crippen molar-refractivity contribution in [3.05, 3.63) is 66.7 Å². The maximum Gasteiger partial charge on any atom is 0.170 e. The van der Waals surface area contributed by atoms with Crippen molar-refractivity contribution < 1.29 is 4.74 Å². The van der Waals surface area contributed by atoms with Crippen LogP contribution in [0.4, 0.5) is 5.82 Å². The van der Waals surface area contributed by atoms with Gasteiger partial charge >= 0.3 is 0 Å². The summed E-state index contributed by atoms with van der Waals surface area (Å²) in [7, 11) is 1.66. The maximum atomic E-state index is 5.26. The highest BCUT2D eigenvalue weighted by atomic mass is 16.5. The lowest BCUT2D eigenvalue weighted by atomic mass is 10.2. The first kappa shape index (κ1) is 15.1. The molecule has 25 heavy (non-hydrogen) atoms. The Hall–Kier alpha value is -3.48. The normalized spacial score (nSPS) is 10.8. The molecule has 0 fully saturated rings. The summed E-state index contributed by atoms with van der Waals surface area (Å²) in [5, 5.41) is 8.58. The van der Waals surface area contributed by atoms with Crippen molar-refractivity contribution in [1.29, 1.82) is 0 Å². The highest BCUT2D eigenvalue weighted by Gasteiger charge is 2.11. The molecule has 4 rings (SSSR count). The third-order valence-electron chi connectivity index (χ3n) is 3.83. The number of hydrogen-bond acceptors (Lipinski definition) is 6. The van der Waals surface area contributed by atoms with Gasteiger partial charge in [-0.3, -0.25) is 0 Å². The molecule has 0 aliphatic heterocycles. The van der Waals surface area contributed by atoms with E-state index in [-0.39, 0.29) is 0 Å². The molecule has 0 unspecified atom stereocenters. The fraction of sp³-hybridized carbons (Fsp3) is 0.111. The molecule has 124 valence electrons. The Kier molecular flexibility index (Phi) is 3.96. The molecule has 7 heteroatoms. The van der Waals surface area contributed by atoms with Crippen molar-refractivity contribution in [2.24, 2.45) is 0 Å². The molecule has 1 N–H and O–H groups in total. The number of aromatic nitrogens is 5. The second-order valence-electron chi connectivity index (χ2n) is 5.41. The summed E-state index contributed by atoms with van der Waals surface area (Å²) < 4.78 is 6.96. The van der Waals surface area contributed by atoms with E-state index in [0.717, 1.165) is 28.3 Å². The zero-order chi connectivity index (χ0) is 17.1. The maximum absolute atomic E-state index is 5.26. The molecule has 0 aliphatic rings. The summed E-state index contributed by atoms with van der Waals surface area (Å²) in [6, 6.07) is 13.6. The summed E-state index contributed by atoms with van der Waals surface area (Å²) in [6.45, 7) is 0.623. The van der Waals surface area contributed by atoms with Crippen LogP contribution in [0.25, 0.3) is 16.9 Å². The number of methoxy groups -OCH3 is 1. The smallest absolute Gasteiger partial charge is 0.170 e. The third-order valence-corrected chi connectivity index (χ3v) is 3.83. The van der Waals surface area contributed by atoms with E-state index in [1.54, 1.807) is 24.2 Å². The lowest BCUT2D eigenvalue weighted by molar-refractivity contribution is 0.414. The van der Waals surface area contributed by atoms with Crippen molar-refractivity contribution >= 4 is 16.9 Å². The van der Waals surface area contributed by atoms with E-state index in [1.807, 2.05) is 42.5 Å². The van der Waals surface area contributed by atoms with Crippen LogP contribution in [0, 0.1) is 0 Å². The third kappa shape index (κ3) is 2.99. The molecule has 3 heterocycles. The number of pyridine rings is 1. The van der Waals surface area contributed by atoms with Crippen LogP contribution >= 0.6 is 0 Å². The molecule has 0 saturated carbocycles. The first-order valence-corrected chi connectivity index (χ1v) is 7.82. The van der Waals surface area contributed by atoms with Crippen LogP contribution in [0.15, 0.2) is 61.2 Å². The van der Waals surface area contributed by atoms with Gasteiger partial charge in [-0.05, 0) is 29.8 Å². The average Bonchev–Trinajstić information content (AvgIpc) is 3.12. The van der Waals surface area contributed by atoms with E-state index in [2.05, 4.69) is 25.4 Å². The Morgan fingerprint density at radius 1 is 1.08 bits per heavy atom. The second kappa shape index (κ2) is 6.56. The van der Waals surface area contributed by atoms with E-state index in [4.69, 9.17) is 4.74 Å². The molecule has 0 bridgehead atoms. The number of benzene rings is 1. The molecule has 3 aromatic heterocycles. The van der Waals surface area contributed by atoms with Crippen molar-refractivity contribution in [3.8, 4) is 11.6 Å². The number of rotatable bonds is 5. The van der Waals surface area contributed by atoms with Gasteiger partial charge in [0.05, 0.1) is 18.7 Å². The van der Waals surface area contributed by atoms with E-state index < -0.39 is 0 Å². The fourth-order valence-corrected chi connectivity index (χ4v) is 2.60. The molecule has 0 saturated heterocycles. The first-order chi connectivity index (χ1) is 12.3. The average molecular weight is 332 g/mol. The quantitative estimate of drug-likeness (QED) is 0.605. The number of anilines is 1. The lowest BCUT2D eigenvalue weighted by Gasteiger charge is -2.08. The Balaban J connectivity index is 1.63. The van der Waals surface area contributed by atoms with Crippen LogP contribution in [-0.4, -0.2) is 31.8 Å². The molecule has 0 amide bonds. The molecule has 1 aromatic carbocycles. The van der Waals surface area contributed by atoms with Crippen LogP contribution < -0.4 is 10.1 Å². The summed E-state index contributed by atoms with van der Waals surface area (Å²) in [6.07, 6.45) is 5.00. The fourth-order valence-electron chi connectivity index (χ4n) is 2.60. The molecular weight excluding hydrogens is 316 g/mol. The summed E-state index contributed by atoms with van der Waals surface area (Å²) in [5.41, 5.74) is 1.81. The summed E-state index contributed by atoms with van der Waals surface area (Å²) in [5.74, 6) is 2.28. The first-order valence-electron chi connectivity index (χ1n) is 7.82. The Labute approximate surface area is 144 Å². The van der Waals surface area contributed by atoms with Gasteiger partial charge in [-0.15, -0.1) is 0 Å². The zero-order valence-corrected chi connectivity index (χ0v) is 13.6. The van der Waals surface area contributed by atoms with Gasteiger partial charge in [-0.25, -0.2) is 15.0 Å². The van der Waals surface area contributed by atoms with Crippen molar-refractivity contribution in [1.82, 2.24) is 24.7 Å². The summed E-state index contributed by atoms with van der Waals surface area (Å²) in [4.78, 5) is 13.0. The zero-order valence-electron chi connectivity index (χ0n) is 13.6. The molecule has 7 nitrogen and oxygen atoms in total. The van der Waals surface area contributed by atoms with Gasteiger partial charge in [-0.2, -0.15) is 9.78 Å². The van der Waals surface area contributed by atoms with E-state index in [1.165, 1.54) is 6.33 Å². The largest absolute Gasteiger partial charge is 0.497 e. The van der Waals surface area contributed by atoms with Crippen LogP contribution in [-0.2, 0) is 6.54 Å². The minimum atomic E-state index is 0.623. The number of ether oxygens (including phenoxy) is 1. The molecular formula is C18H16N6O. The predicted molar refractivity (Wildman–Crippen MR) is 94.8 cm³/mol. The number of hydrogen-bond donors (Lipinski definition) is 1. The number of nitrogens with one attached hydrogen (secondary N) is 1. The molecule has 0 atom stereocenters. The van der Waals surface area contributed by atoms with E-state index in [0.29, 0.717) is 12.2 Å². The molecule has 4 aromatic rings. The highest BCUT2D eigenvalue weighted by molar-refractivity contribution is 5.86. The van der Waals surface area contributed by atoms with Gasteiger partial charge in [0, 0.05) is 12.7 Å². The highest BCUT2D eigenvalue weighted by Crippen LogP contribution is 2.21. The number of nitrogens with zero attached hydrogens (tertiary/aromatic N) is 5. The molecule has 0 aliphatic carbocycles. The minimum absolute atomic E-state index is 0.623. The standard InChI is InChI=1S/C18H16N6O/c1-25-14-6-4-5-13(9-14)10-20-17-15-11-23-24(18(15)22-12-21-17)16-7-2-3-8-19-16/h2-9,11-12H,10H2,1H3,(H,20,21,22). The van der Waals surface area contributed by atoms with Crippen LogP contribution in [0.3, 0.4) is 0 Å². The van der Waals surface area contributed by atoms with Gasteiger partial charge in [0.25, 0.3) is 0 Å². The van der Waals surface area contributed by atoms with Crippen molar-refractivity contribution in [2.45, 2.75) is 6.54 Å². The predicted octanol–water partition coefficient (Wildman–Crippen LogP) is 2.83. The molecule has 0 radical (unpaired) electrons. The van der Waals surface area contributed by atoms with Gasteiger partial charge in [0.15, 0.2) is 11.5 Å². The lowest BCUT2D eigenvalue weighted by Crippen LogP contribution is -2.04. The topological polar surface area (TPSA) is 77.8 Å². The van der Waals surface area contributed by atoms with Crippen molar-refractivity contribution in [2.75, 3.05) is 12.4 Å². The van der Waals surface area contributed by atoms with E-state index in [9.17, 15) is 0 Å². The van der Waals surface area contributed by atoms with Crippen LogP contribution in [0.1, 0.15) is 5.56 Å². The minimum Gasteiger partial charge on any atom is -0.497 e. The van der Waals surface area contributed by atoms with Crippen LogP contribution in [0.2, 0.25) is 0 Å². The van der Waals surface area contributed by atoms with Gasteiger partial charge < -0.3 is 10.1 Å². The summed E-state index contributed by atoms with van der Waals surface area (Å²) >= 11 is 0. The van der Waals surface area contributed by atoms with Gasteiger partial charge in [0.2, 0.25) is 0 Å². The van der Waals surface area contributed by atoms with E-state index >= 15 is 0 Å². The molecule has 0 spiro atoms. The Morgan fingerprint density at radius 2 is 2.04 bits per heavy atom. The second-order valence-corrected chi connectivity index (χ2v) is 5.41. The van der Waals surface area contributed by atoms with Crippen molar-refractivity contribution in [3.63, 3.8) is 0 Å². The Bertz CT molecular complexity index is 999. The van der Waals surface area contributed by atoms with Gasteiger partial charge in [0.1, 0.15) is 17.9 Å². The Morgan fingerprint density at radius 3 is 2.88 bits per heavy atom. The SMILES string of the molecule is COc1cccc(CNc2ncnc3c2cnn3-c2ccccn2)c1. The van der Waals surface area contributed by atoms with Crippen LogP contribution in [0.5, 0.6) is 5.75 Å². The number of fused-ring (bicyclic) bond motifs is 1.